The lowest BCUT2D eigenvalue weighted by atomic mass is 10.2. The predicted octanol–water partition coefficient (Wildman–Crippen LogP) is 3.48. The van der Waals surface area contributed by atoms with Gasteiger partial charge in [0.05, 0.1) is 11.4 Å². The molecule has 0 saturated heterocycles. The van der Waals surface area contributed by atoms with Crippen molar-refractivity contribution in [3.8, 4) is 0 Å². The Morgan fingerprint density at radius 1 is 1.53 bits per heavy atom. The number of nitrogen functional groups attached to an aromatic ring is 1. The predicted molar refractivity (Wildman–Crippen MR) is 71.9 cm³/mol. The maximum atomic E-state index is 5.85. The van der Waals surface area contributed by atoms with Gasteiger partial charge in [-0.3, -0.25) is 0 Å². The minimum Gasteiger partial charge on any atom is -0.397 e. The second kappa shape index (κ2) is 6.13. The molecule has 3 N–H and O–H groups in total. The Hall–Kier alpha value is -0.540. The Balaban J connectivity index is 2.56. The normalized spacial score (nSPS) is 12.5. The zero-order valence-corrected chi connectivity index (χ0v) is 10.7. The lowest BCUT2D eigenvalue weighted by molar-refractivity contribution is 0.772. The number of benzene rings is 1. The first-order chi connectivity index (χ1) is 7.13. The summed E-state index contributed by atoms with van der Waals surface area (Å²) in [5, 5.41) is 4.05. The van der Waals surface area contributed by atoms with Crippen LogP contribution in [0.3, 0.4) is 0 Å². The summed E-state index contributed by atoms with van der Waals surface area (Å²) < 4.78 is 0. The highest BCUT2D eigenvalue weighted by Crippen LogP contribution is 2.23. The number of nitrogens with one attached hydrogen (secondary N) is 1. The van der Waals surface area contributed by atoms with Gasteiger partial charge in [0.2, 0.25) is 0 Å². The van der Waals surface area contributed by atoms with E-state index in [0.29, 0.717) is 16.8 Å². The van der Waals surface area contributed by atoms with Crippen LogP contribution in [0.4, 0.5) is 11.4 Å². The molecule has 0 aliphatic heterocycles. The van der Waals surface area contributed by atoms with Crippen LogP contribution in [0.25, 0.3) is 0 Å². The topological polar surface area (TPSA) is 38.0 Å². The first kappa shape index (κ1) is 12.5. The standard InChI is InChI=1S/C11H17ClN2S/c1-8(5-6-15-2)14-11-4-3-9(12)7-10(11)13/h3-4,7-8,14H,5-6,13H2,1-2H3. The molecule has 0 aliphatic rings. The van der Waals surface area contributed by atoms with Crippen molar-refractivity contribution >= 4 is 34.7 Å². The van der Waals surface area contributed by atoms with Crippen LogP contribution in [-0.2, 0) is 0 Å². The monoisotopic (exact) mass is 244 g/mol. The van der Waals surface area contributed by atoms with Gasteiger partial charge >= 0.3 is 0 Å². The van der Waals surface area contributed by atoms with Gasteiger partial charge in [-0.05, 0) is 43.6 Å². The molecule has 0 saturated carbocycles. The highest BCUT2D eigenvalue weighted by Gasteiger charge is 2.04. The quantitative estimate of drug-likeness (QED) is 0.779. The molecule has 0 heterocycles. The smallest absolute Gasteiger partial charge is 0.0577 e. The van der Waals surface area contributed by atoms with Crippen molar-refractivity contribution in [2.75, 3.05) is 23.1 Å². The van der Waals surface area contributed by atoms with Gasteiger partial charge in [-0.25, -0.2) is 0 Å². The first-order valence-corrected chi connectivity index (χ1v) is 6.71. The number of hydrogen-bond donors (Lipinski definition) is 2. The van der Waals surface area contributed by atoms with Crippen molar-refractivity contribution in [3.05, 3.63) is 23.2 Å². The van der Waals surface area contributed by atoms with E-state index in [9.17, 15) is 0 Å². The third-order valence-electron chi connectivity index (χ3n) is 2.17. The van der Waals surface area contributed by atoms with E-state index in [4.69, 9.17) is 17.3 Å². The molecule has 1 rings (SSSR count). The van der Waals surface area contributed by atoms with Crippen LogP contribution in [0.5, 0.6) is 0 Å². The van der Waals surface area contributed by atoms with Gasteiger partial charge in [-0.2, -0.15) is 11.8 Å². The second-order valence-electron chi connectivity index (χ2n) is 3.56. The Morgan fingerprint density at radius 3 is 2.87 bits per heavy atom. The molecule has 15 heavy (non-hydrogen) atoms. The Morgan fingerprint density at radius 2 is 2.27 bits per heavy atom. The van der Waals surface area contributed by atoms with Gasteiger partial charge in [0.25, 0.3) is 0 Å². The highest BCUT2D eigenvalue weighted by molar-refractivity contribution is 7.98. The molecule has 0 amide bonds. The zero-order chi connectivity index (χ0) is 11.3. The van der Waals surface area contributed by atoms with Crippen LogP contribution < -0.4 is 11.1 Å². The number of hydrogen-bond acceptors (Lipinski definition) is 3. The zero-order valence-electron chi connectivity index (χ0n) is 9.09. The molecule has 0 aliphatic carbocycles. The third kappa shape index (κ3) is 4.22. The van der Waals surface area contributed by atoms with E-state index in [1.807, 2.05) is 23.9 Å². The van der Waals surface area contributed by atoms with Crippen LogP contribution in [0.1, 0.15) is 13.3 Å². The molecule has 2 nitrogen and oxygen atoms in total. The minimum absolute atomic E-state index is 0.431. The summed E-state index contributed by atoms with van der Waals surface area (Å²) in [5.74, 6) is 1.15. The fourth-order valence-corrected chi connectivity index (χ4v) is 2.07. The maximum Gasteiger partial charge on any atom is 0.0577 e. The molecule has 0 spiro atoms. The molecular formula is C11H17ClN2S. The van der Waals surface area contributed by atoms with Crippen molar-refractivity contribution in [2.24, 2.45) is 0 Å². The Kier molecular flexibility index (Phi) is 5.12. The number of rotatable bonds is 5. The first-order valence-electron chi connectivity index (χ1n) is 4.94. The Bertz CT molecular complexity index is 317. The van der Waals surface area contributed by atoms with E-state index < -0.39 is 0 Å². The van der Waals surface area contributed by atoms with E-state index in [2.05, 4.69) is 18.5 Å². The van der Waals surface area contributed by atoms with E-state index >= 15 is 0 Å². The molecule has 1 aromatic rings. The Labute approximate surface area is 101 Å². The SMILES string of the molecule is CSCCC(C)Nc1ccc(Cl)cc1N. The highest BCUT2D eigenvalue weighted by atomic mass is 35.5. The van der Waals surface area contributed by atoms with Crippen molar-refractivity contribution in [3.63, 3.8) is 0 Å². The number of halogens is 1. The van der Waals surface area contributed by atoms with Crippen LogP contribution in [0.15, 0.2) is 18.2 Å². The molecule has 0 fully saturated rings. The number of anilines is 2. The summed E-state index contributed by atoms with van der Waals surface area (Å²) in [6.07, 6.45) is 3.24. The minimum atomic E-state index is 0.431. The van der Waals surface area contributed by atoms with Gasteiger partial charge in [0, 0.05) is 11.1 Å². The average Bonchev–Trinajstić information content (AvgIpc) is 2.19. The molecule has 0 radical (unpaired) electrons. The summed E-state index contributed by atoms with van der Waals surface area (Å²) >= 11 is 7.68. The van der Waals surface area contributed by atoms with Crippen LogP contribution in [0.2, 0.25) is 5.02 Å². The molecule has 0 aromatic heterocycles. The molecule has 4 heteroatoms. The van der Waals surface area contributed by atoms with Gasteiger partial charge in [-0.15, -0.1) is 0 Å². The number of nitrogens with two attached hydrogens (primary N) is 1. The summed E-state index contributed by atoms with van der Waals surface area (Å²) in [5.41, 5.74) is 7.52. The third-order valence-corrected chi connectivity index (χ3v) is 3.05. The van der Waals surface area contributed by atoms with Crippen LogP contribution in [0, 0.1) is 0 Å². The van der Waals surface area contributed by atoms with Crippen molar-refractivity contribution < 1.29 is 0 Å². The van der Waals surface area contributed by atoms with Gasteiger partial charge < -0.3 is 11.1 Å². The van der Waals surface area contributed by atoms with E-state index in [0.717, 1.165) is 17.9 Å². The van der Waals surface area contributed by atoms with Gasteiger partial charge in [-0.1, -0.05) is 11.6 Å². The fraction of sp³-hybridized carbons (Fsp3) is 0.455. The van der Waals surface area contributed by atoms with Crippen molar-refractivity contribution in [1.29, 1.82) is 0 Å². The maximum absolute atomic E-state index is 5.85. The van der Waals surface area contributed by atoms with Gasteiger partial charge in [0.15, 0.2) is 0 Å². The summed E-state index contributed by atoms with van der Waals surface area (Å²) in [7, 11) is 0. The molecule has 1 atom stereocenters. The molecule has 0 bridgehead atoms. The largest absolute Gasteiger partial charge is 0.397 e. The van der Waals surface area contributed by atoms with Gasteiger partial charge in [0.1, 0.15) is 0 Å². The summed E-state index contributed by atoms with van der Waals surface area (Å²) in [6, 6.07) is 5.97. The van der Waals surface area contributed by atoms with Crippen LogP contribution in [-0.4, -0.2) is 18.1 Å². The van der Waals surface area contributed by atoms with Crippen molar-refractivity contribution in [2.45, 2.75) is 19.4 Å². The number of thioether (sulfide) groups is 1. The summed E-state index contributed by atoms with van der Waals surface area (Å²) in [4.78, 5) is 0. The van der Waals surface area contributed by atoms with Crippen molar-refractivity contribution in [1.82, 2.24) is 0 Å². The van der Waals surface area contributed by atoms with E-state index in [1.165, 1.54) is 0 Å². The fourth-order valence-electron chi connectivity index (χ4n) is 1.30. The lowest BCUT2D eigenvalue weighted by Gasteiger charge is -2.16. The second-order valence-corrected chi connectivity index (χ2v) is 4.98. The molecule has 84 valence electrons. The lowest BCUT2D eigenvalue weighted by Crippen LogP contribution is -2.16. The van der Waals surface area contributed by atoms with E-state index in [-0.39, 0.29) is 0 Å². The summed E-state index contributed by atoms with van der Waals surface area (Å²) in [6.45, 7) is 2.16. The van der Waals surface area contributed by atoms with Crippen LogP contribution >= 0.6 is 23.4 Å². The van der Waals surface area contributed by atoms with E-state index in [1.54, 1.807) is 6.07 Å². The average molecular weight is 245 g/mol. The molecule has 1 unspecified atom stereocenters. The molecular weight excluding hydrogens is 228 g/mol. The molecule has 1 aromatic carbocycles.